The van der Waals surface area contributed by atoms with Crippen LogP contribution in [0.5, 0.6) is 11.5 Å². The van der Waals surface area contributed by atoms with E-state index >= 15 is 0 Å². The molecule has 0 amide bonds. The van der Waals surface area contributed by atoms with Crippen LogP contribution in [0.2, 0.25) is 0 Å². The van der Waals surface area contributed by atoms with Gasteiger partial charge in [-0.15, -0.1) is 0 Å². The van der Waals surface area contributed by atoms with E-state index < -0.39 is 0 Å². The third kappa shape index (κ3) is 6.28. The molecule has 218 valence electrons. The predicted octanol–water partition coefficient (Wildman–Crippen LogP) is 9.99. The fourth-order valence-electron chi connectivity index (χ4n) is 5.46. The van der Waals surface area contributed by atoms with E-state index in [0.717, 1.165) is 55.6 Å². The maximum Gasteiger partial charge on any atom is 0.188 e. The highest BCUT2D eigenvalue weighted by Gasteiger charge is 2.23. The highest BCUT2D eigenvalue weighted by atomic mass is 16.7. The smallest absolute Gasteiger partial charge is 0.188 e. The van der Waals surface area contributed by atoms with E-state index in [2.05, 4.69) is 97.1 Å². The Labute approximate surface area is 259 Å². The van der Waals surface area contributed by atoms with Gasteiger partial charge in [0.25, 0.3) is 0 Å². The van der Waals surface area contributed by atoms with Crippen molar-refractivity contribution >= 4 is 0 Å². The molecule has 44 heavy (non-hydrogen) atoms. The average Bonchev–Trinajstić information content (AvgIpc) is 3.10. The van der Waals surface area contributed by atoms with Crippen LogP contribution in [0.1, 0.15) is 0 Å². The van der Waals surface area contributed by atoms with E-state index in [0.29, 0.717) is 11.5 Å². The number of methoxy groups -OCH3 is 2. The first-order chi connectivity index (χ1) is 21.8. The zero-order valence-corrected chi connectivity index (χ0v) is 24.9. The zero-order valence-electron chi connectivity index (χ0n) is 24.9. The Hall–Kier alpha value is -5.16. The van der Waals surface area contributed by atoms with Crippen molar-refractivity contribution < 1.29 is 18.9 Å². The molecule has 0 fully saturated rings. The summed E-state index contributed by atoms with van der Waals surface area (Å²) in [5.41, 5.74) is 10.1. The molecular formula is C40H34O4. The topological polar surface area (TPSA) is 36.9 Å². The van der Waals surface area contributed by atoms with Gasteiger partial charge in [-0.25, -0.2) is 0 Å². The fraction of sp³-hybridized carbons (Fsp3) is 0.100. The molecule has 0 aromatic heterocycles. The monoisotopic (exact) mass is 578 g/mol. The first-order valence-electron chi connectivity index (χ1n) is 14.6. The Balaban J connectivity index is 1.72. The van der Waals surface area contributed by atoms with E-state index in [1.165, 1.54) is 0 Å². The molecule has 0 atom stereocenters. The minimum Gasteiger partial charge on any atom is -0.466 e. The van der Waals surface area contributed by atoms with Crippen LogP contribution >= 0.6 is 0 Å². The Morgan fingerprint density at radius 1 is 0.341 bits per heavy atom. The molecule has 0 bridgehead atoms. The lowest BCUT2D eigenvalue weighted by Crippen LogP contribution is -2.05. The molecular weight excluding hydrogens is 544 g/mol. The van der Waals surface area contributed by atoms with Gasteiger partial charge >= 0.3 is 0 Å². The first-order valence-corrected chi connectivity index (χ1v) is 14.6. The number of rotatable bonds is 11. The lowest BCUT2D eigenvalue weighted by Gasteiger charge is -2.23. The van der Waals surface area contributed by atoms with Gasteiger partial charge in [-0.3, -0.25) is 0 Å². The van der Waals surface area contributed by atoms with Crippen LogP contribution in [-0.4, -0.2) is 27.8 Å². The van der Waals surface area contributed by atoms with Crippen molar-refractivity contribution in [3.8, 4) is 67.1 Å². The van der Waals surface area contributed by atoms with Crippen LogP contribution < -0.4 is 9.47 Å². The highest BCUT2D eigenvalue weighted by molar-refractivity contribution is 5.94. The Bertz CT molecular complexity index is 1670. The van der Waals surface area contributed by atoms with Crippen LogP contribution in [0, 0.1) is 0 Å². The lowest BCUT2D eigenvalue weighted by molar-refractivity contribution is 0.0505. The molecule has 0 aliphatic carbocycles. The molecule has 6 rings (SSSR count). The van der Waals surface area contributed by atoms with Crippen LogP contribution in [0.15, 0.2) is 146 Å². The quantitative estimate of drug-likeness (QED) is 0.143. The van der Waals surface area contributed by atoms with E-state index in [9.17, 15) is 0 Å². The molecule has 0 saturated heterocycles. The molecule has 0 radical (unpaired) electrons. The molecule has 0 saturated carbocycles. The van der Waals surface area contributed by atoms with E-state index in [1.807, 2.05) is 48.5 Å². The van der Waals surface area contributed by atoms with Crippen LogP contribution in [-0.2, 0) is 9.47 Å². The molecule has 6 aromatic rings. The summed E-state index contributed by atoms with van der Waals surface area (Å²) >= 11 is 0. The third-order valence-electron chi connectivity index (χ3n) is 7.49. The van der Waals surface area contributed by atoms with Gasteiger partial charge in [0.1, 0.15) is 11.5 Å². The molecule has 6 aromatic carbocycles. The van der Waals surface area contributed by atoms with Gasteiger partial charge in [-0.1, -0.05) is 121 Å². The van der Waals surface area contributed by atoms with Crippen molar-refractivity contribution in [3.63, 3.8) is 0 Å². The lowest BCUT2D eigenvalue weighted by atomic mass is 9.88. The molecule has 0 heterocycles. The van der Waals surface area contributed by atoms with Crippen molar-refractivity contribution in [2.75, 3.05) is 27.8 Å². The van der Waals surface area contributed by atoms with Gasteiger partial charge in [0.05, 0.1) is 0 Å². The van der Waals surface area contributed by atoms with E-state index in [4.69, 9.17) is 18.9 Å². The molecule has 0 spiro atoms. The van der Waals surface area contributed by atoms with Crippen molar-refractivity contribution in [2.45, 2.75) is 0 Å². The Morgan fingerprint density at radius 2 is 0.636 bits per heavy atom. The van der Waals surface area contributed by atoms with Gasteiger partial charge < -0.3 is 18.9 Å². The molecule has 0 N–H and O–H groups in total. The van der Waals surface area contributed by atoms with E-state index in [-0.39, 0.29) is 13.6 Å². The summed E-state index contributed by atoms with van der Waals surface area (Å²) in [6.07, 6.45) is 0. The average molecular weight is 579 g/mol. The zero-order chi connectivity index (χ0) is 30.1. The number of benzene rings is 6. The second-order valence-corrected chi connectivity index (χ2v) is 10.4. The Kier molecular flexibility index (Phi) is 9.12. The van der Waals surface area contributed by atoms with Crippen LogP contribution in [0.3, 0.4) is 0 Å². The van der Waals surface area contributed by atoms with Crippen molar-refractivity contribution in [3.05, 3.63) is 146 Å². The largest absolute Gasteiger partial charge is 0.466 e. The summed E-state index contributed by atoms with van der Waals surface area (Å²) in [6.45, 7) is 0.186. The standard InChI is InChI=1S/C40H34O4/c1-41-27-43-39-35(31-19-11-5-12-20-31)23-33(29-15-7-3-8-16-29)25-37(39)38-26-34(30-17-9-4-10-18-30)24-36(40(38)44-28-42-2)32-21-13-6-14-22-32/h3-26H,27-28H2,1-2H3. The SMILES string of the molecule is COCOc1c(-c2ccccc2)cc(-c2ccccc2)cc1-c1cc(-c2ccccc2)cc(-c2ccccc2)c1OCOC. The maximum atomic E-state index is 6.46. The van der Waals surface area contributed by atoms with Crippen LogP contribution in [0.4, 0.5) is 0 Å². The molecule has 0 aliphatic heterocycles. The molecule has 4 nitrogen and oxygen atoms in total. The van der Waals surface area contributed by atoms with Crippen molar-refractivity contribution in [1.82, 2.24) is 0 Å². The normalized spacial score (nSPS) is 10.9. The summed E-state index contributed by atoms with van der Waals surface area (Å²) in [7, 11) is 3.27. The molecule has 0 unspecified atom stereocenters. The number of hydrogen-bond donors (Lipinski definition) is 0. The summed E-state index contributed by atoms with van der Waals surface area (Å²) in [4.78, 5) is 0. The summed E-state index contributed by atoms with van der Waals surface area (Å²) in [5, 5.41) is 0. The molecule has 0 aliphatic rings. The summed E-state index contributed by atoms with van der Waals surface area (Å²) < 4.78 is 23.8. The summed E-state index contributed by atoms with van der Waals surface area (Å²) in [6, 6.07) is 50.2. The minimum atomic E-state index is 0.0930. The third-order valence-corrected chi connectivity index (χ3v) is 7.49. The van der Waals surface area contributed by atoms with E-state index in [1.54, 1.807) is 14.2 Å². The fourth-order valence-corrected chi connectivity index (χ4v) is 5.46. The number of ether oxygens (including phenoxy) is 4. The highest BCUT2D eigenvalue weighted by Crippen LogP contribution is 2.49. The van der Waals surface area contributed by atoms with Crippen molar-refractivity contribution in [2.24, 2.45) is 0 Å². The van der Waals surface area contributed by atoms with Gasteiger partial charge in [-0.2, -0.15) is 0 Å². The second-order valence-electron chi connectivity index (χ2n) is 10.4. The second kappa shape index (κ2) is 13.9. The Morgan fingerprint density at radius 3 is 0.955 bits per heavy atom. The molecule has 4 heteroatoms. The van der Waals surface area contributed by atoms with Crippen LogP contribution in [0.25, 0.3) is 55.6 Å². The number of hydrogen-bond acceptors (Lipinski definition) is 4. The first kappa shape index (κ1) is 28.9. The predicted molar refractivity (Wildman–Crippen MR) is 179 cm³/mol. The maximum absolute atomic E-state index is 6.46. The minimum absolute atomic E-state index is 0.0930. The van der Waals surface area contributed by atoms with Gasteiger partial charge in [-0.05, 0) is 57.6 Å². The van der Waals surface area contributed by atoms with Gasteiger partial charge in [0.2, 0.25) is 0 Å². The summed E-state index contributed by atoms with van der Waals surface area (Å²) in [5.74, 6) is 1.42. The van der Waals surface area contributed by atoms with Gasteiger partial charge in [0.15, 0.2) is 13.6 Å². The van der Waals surface area contributed by atoms with Crippen molar-refractivity contribution in [1.29, 1.82) is 0 Å². The van der Waals surface area contributed by atoms with Gasteiger partial charge in [0, 0.05) is 36.5 Å².